The number of nitrogens with zero attached hydrogens (tertiary/aromatic N) is 1. The molecule has 0 saturated carbocycles. The first-order valence-electron chi connectivity index (χ1n) is 3.60. The second kappa shape index (κ2) is 3.36. The van der Waals surface area contributed by atoms with Crippen molar-refractivity contribution in [3.8, 4) is 0 Å². The third kappa shape index (κ3) is 1.31. The quantitative estimate of drug-likeness (QED) is 0.505. The normalized spacial score (nSPS) is 9.92. The van der Waals surface area contributed by atoms with Crippen LogP contribution < -0.4 is 5.48 Å². The maximum Gasteiger partial charge on any atom is 0.280 e. The van der Waals surface area contributed by atoms with Gasteiger partial charge in [-0.1, -0.05) is 12.1 Å². The Morgan fingerprint density at radius 2 is 2.42 bits per heavy atom. The van der Waals surface area contributed by atoms with E-state index in [9.17, 15) is 4.79 Å². The van der Waals surface area contributed by atoms with Crippen LogP contribution in [0.3, 0.4) is 0 Å². The molecule has 0 spiro atoms. The van der Waals surface area contributed by atoms with Gasteiger partial charge >= 0.3 is 0 Å². The first kappa shape index (κ1) is 8.73. The average Bonchev–Trinajstić information content (AvgIpc) is 2.45. The number of amides is 1. The first-order chi connectivity index (χ1) is 5.70. The lowest BCUT2D eigenvalue weighted by Crippen LogP contribution is -2.20. The number of nitrogens with one attached hydrogen (secondary N) is 1. The molecule has 5 heteroatoms. The van der Waals surface area contributed by atoms with Crippen molar-refractivity contribution in [1.29, 1.82) is 0 Å². The van der Waals surface area contributed by atoms with Gasteiger partial charge in [0.25, 0.3) is 5.91 Å². The maximum atomic E-state index is 11.0. The highest BCUT2D eigenvalue weighted by molar-refractivity contribution is 5.95. The predicted molar refractivity (Wildman–Crippen MR) is 39.9 cm³/mol. The molecule has 2 N–H and O–H groups in total. The van der Waals surface area contributed by atoms with Gasteiger partial charge in [0.15, 0.2) is 0 Å². The van der Waals surface area contributed by atoms with Crippen LogP contribution in [0.1, 0.15) is 28.7 Å². The van der Waals surface area contributed by atoms with E-state index in [2.05, 4.69) is 5.16 Å². The summed E-state index contributed by atoms with van der Waals surface area (Å²) >= 11 is 0. The highest BCUT2D eigenvalue weighted by Gasteiger charge is 2.17. The van der Waals surface area contributed by atoms with E-state index in [1.165, 1.54) is 0 Å². The van der Waals surface area contributed by atoms with Crippen LogP contribution in [0.4, 0.5) is 0 Å². The average molecular weight is 170 g/mol. The monoisotopic (exact) mass is 170 g/mol. The molecule has 0 radical (unpaired) electrons. The fraction of sp³-hybridized carbons (Fsp3) is 0.429. The molecule has 0 fully saturated rings. The van der Waals surface area contributed by atoms with Gasteiger partial charge in [0, 0.05) is 6.42 Å². The molecule has 0 saturated heterocycles. The van der Waals surface area contributed by atoms with E-state index in [1.54, 1.807) is 12.4 Å². The molecule has 1 amide bonds. The minimum absolute atomic E-state index is 0.319. The molecule has 0 aromatic carbocycles. The van der Waals surface area contributed by atoms with Crippen LogP contribution in [0.5, 0.6) is 0 Å². The fourth-order valence-electron chi connectivity index (χ4n) is 1.00. The van der Waals surface area contributed by atoms with E-state index in [0.29, 0.717) is 23.4 Å². The molecule has 5 nitrogen and oxygen atoms in total. The summed E-state index contributed by atoms with van der Waals surface area (Å²) in [5, 5.41) is 12.0. The van der Waals surface area contributed by atoms with E-state index < -0.39 is 5.91 Å². The highest BCUT2D eigenvalue weighted by Crippen LogP contribution is 2.13. The van der Waals surface area contributed by atoms with Gasteiger partial charge in [0.1, 0.15) is 11.3 Å². The van der Waals surface area contributed by atoms with Crippen molar-refractivity contribution in [3.63, 3.8) is 0 Å². The molecule has 0 aliphatic heterocycles. The number of carbonyl (C=O) groups is 1. The van der Waals surface area contributed by atoms with E-state index in [0.717, 1.165) is 0 Å². The fourth-order valence-corrected chi connectivity index (χ4v) is 1.00. The zero-order valence-electron chi connectivity index (χ0n) is 6.92. The van der Waals surface area contributed by atoms with Crippen molar-refractivity contribution >= 4 is 5.91 Å². The molecule has 1 aromatic rings. The summed E-state index contributed by atoms with van der Waals surface area (Å²) in [4.78, 5) is 11.0. The lowest BCUT2D eigenvalue weighted by molar-refractivity contribution is 0.0703. The molecule has 0 atom stereocenters. The van der Waals surface area contributed by atoms with Gasteiger partial charge in [0.05, 0.1) is 5.69 Å². The summed E-state index contributed by atoms with van der Waals surface area (Å²) in [5.74, 6) is -0.0929. The van der Waals surface area contributed by atoms with Crippen molar-refractivity contribution in [2.45, 2.75) is 20.3 Å². The Kier molecular flexibility index (Phi) is 2.44. The van der Waals surface area contributed by atoms with Gasteiger partial charge in [-0.15, -0.1) is 0 Å². The van der Waals surface area contributed by atoms with Gasteiger partial charge in [-0.2, -0.15) is 0 Å². The summed E-state index contributed by atoms with van der Waals surface area (Å²) in [7, 11) is 0. The molecule has 0 aliphatic carbocycles. The molecular weight excluding hydrogens is 160 g/mol. The second-order valence-corrected chi connectivity index (χ2v) is 2.36. The molecule has 0 bridgehead atoms. The summed E-state index contributed by atoms with van der Waals surface area (Å²) < 4.78 is 4.85. The molecule has 0 unspecified atom stereocenters. The van der Waals surface area contributed by atoms with Crippen molar-refractivity contribution in [2.24, 2.45) is 0 Å². The molecule has 1 aromatic heterocycles. The smallest absolute Gasteiger partial charge is 0.280 e. The Bertz CT molecular complexity index is 293. The summed E-state index contributed by atoms with van der Waals surface area (Å²) in [6.07, 6.45) is 0.573. The Hall–Kier alpha value is -1.36. The third-order valence-corrected chi connectivity index (χ3v) is 1.58. The topological polar surface area (TPSA) is 75.4 Å². The van der Waals surface area contributed by atoms with Gasteiger partial charge in [-0.3, -0.25) is 10.0 Å². The number of aryl methyl sites for hydroxylation is 2. The lowest BCUT2D eigenvalue weighted by atomic mass is 10.1. The number of carbonyl (C=O) groups excluding carboxylic acids is 1. The van der Waals surface area contributed by atoms with E-state index in [-0.39, 0.29) is 0 Å². The highest BCUT2D eigenvalue weighted by atomic mass is 16.5. The molecule has 66 valence electrons. The van der Waals surface area contributed by atoms with Crippen LogP contribution >= 0.6 is 0 Å². The van der Waals surface area contributed by atoms with Gasteiger partial charge in [-0.05, 0) is 6.92 Å². The summed E-state index contributed by atoms with van der Waals surface area (Å²) in [6, 6.07) is 0. The number of hydroxylamine groups is 1. The second-order valence-electron chi connectivity index (χ2n) is 2.36. The van der Waals surface area contributed by atoms with E-state index >= 15 is 0 Å². The van der Waals surface area contributed by atoms with Crippen LogP contribution in [-0.2, 0) is 6.42 Å². The maximum absolute atomic E-state index is 11.0. The van der Waals surface area contributed by atoms with E-state index in [1.807, 2.05) is 6.92 Å². The number of hydrogen-bond acceptors (Lipinski definition) is 4. The van der Waals surface area contributed by atoms with Crippen molar-refractivity contribution in [3.05, 3.63) is 17.0 Å². The standard InChI is InChI=1S/C7H10N2O3/c1-3-5-6(7(10)8-11)4(2)9-12-5/h11H,3H2,1-2H3,(H,8,10). The number of rotatable bonds is 2. The third-order valence-electron chi connectivity index (χ3n) is 1.58. The Morgan fingerprint density at radius 1 is 1.75 bits per heavy atom. The Labute approximate surface area is 69.3 Å². The molecule has 12 heavy (non-hydrogen) atoms. The zero-order valence-corrected chi connectivity index (χ0v) is 6.92. The lowest BCUT2D eigenvalue weighted by Gasteiger charge is -1.96. The zero-order chi connectivity index (χ0) is 9.14. The summed E-state index contributed by atoms with van der Waals surface area (Å²) in [6.45, 7) is 3.49. The van der Waals surface area contributed by atoms with Crippen molar-refractivity contribution < 1.29 is 14.5 Å². The number of aromatic nitrogens is 1. The van der Waals surface area contributed by atoms with Crippen LogP contribution in [0.2, 0.25) is 0 Å². The van der Waals surface area contributed by atoms with Crippen LogP contribution in [0, 0.1) is 6.92 Å². The van der Waals surface area contributed by atoms with Gasteiger partial charge in [0.2, 0.25) is 0 Å². The van der Waals surface area contributed by atoms with Crippen molar-refractivity contribution in [2.75, 3.05) is 0 Å². The molecular formula is C7H10N2O3. The van der Waals surface area contributed by atoms with Crippen molar-refractivity contribution in [1.82, 2.24) is 10.6 Å². The minimum atomic E-state index is -0.578. The van der Waals surface area contributed by atoms with Crippen LogP contribution in [0.15, 0.2) is 4.52 Å². The minimum Gasteiger partial charge on any atom is -0.360 e. The van der Waals surface area contributed by atoms with Crippen LogP contribution in [-0.4, -0.2) is 16.3 Å². The molecule has 1 heterocycles. The Morgan fingerprint density at radius 3 is 2.92 bits per heavy atom. The largest absolute Gasteiger partial charge is 0.360 e. The predicted octanol–water partition coefficient (Wildman–Crippen LogP) is 0.664. The molecule has 1 rings (SSSR count). The van der Waals surface area contributed by atoms with Gasteiger partial charge in [-0.25, -0.2) is 5.48 Å². The van der Waals surface area contributed by atoms with Gasteiger partial charge < -0.3 is 4.52 Å². The molecule has 0 aliphatic rings. The number of hydrogen-bond donors (Lipinski definition) is 2. The summed E-state index contributed by atoms with van der Waals surface area (Å²) in [5.41, 5.74) is 2.35. The Balaban J connectivity index is 3.10. The SMILES string of the molecule is CCc1onc(C)c1C(=O)NO. The van der Waals surface area contributed by atoms with Crippen LogP contribution in [0.25, 0.3) is 0 Å². The van der Waals surface area contributed by atoms with E-state index in [4.69, 9.17) is 9.73 Å². The first-order valence-corrected chi connectivity index (χ1v) is 3.60.